The highest BCUT2D eigenvalue weighted by atomic mass is 32.1. The molecule has 1 aromatic carbocycles. The van der Waals surface area contributed by atoms with Gasteiger partial charge in [-0.2, -0.15) is 9.50 Å². The first-order valence-electron chi connectivity index (χ1n) is 9.97. The van der Waals surface area contributed by atoms with Crippen LogP contribution in [0.4, 0.5) is 5.82 Å². The van der Waals surface area contributed by atoms with Crippen molar-refractivity contribution in [3.63, 3.8) is 0 Å². The highest BCUT2D eigenvalue weighted by Gasteiger charge is 2.27. The van der Waals surface area contributed by atoms with E-state index < -0.39 is 0 Å². The summed E-state index contributed by atoms with van der Waals surface area (Å²) in [5.74, 6) is 1.48. The average Bonchev–Trinajstić information content (AvgIpc) is 3.33. The van der Waals surface area contributed by atoms with Gasteiger partial charge in [0.2, 0.25) is 0 Å². The van der Waals surface area contributed by atoms with Crippen molar-refractivity contribution in [3.05, 3.63) is 46.3 Å². The van der Waals surface area contributed by atoms with E-state index in [2.05, 4.69) is 58.1 Å². The number of rotatable bonds is 6. The van der Waals surface area contributed by atoms with E-state index in [-0.39, 0.29) is 0 Å². The zero-order chi connectivity index (χ0) is 18.9. The Morgan fingerprint density at radius 1 is 1.25 bits per heavy atom. The molecular weight excluding hydrogens is 370 g/mol. The molecule has 4 heterocycles. The molecule has 1 aliphatic heterocycles. The summed E-state index contributed by atoms with van der Waals surface area (Å²) in [6.07, 6.45) is 3.27. The lowest BCUT2D eigenvalue weighted by Crippen LogP contribution is -3.11. The zero-order valence-electron chi connectivity index (χ0n) is 16.0. The van der Waals surface area contributed by atoms with Crippen molar-refractivity contribution in [1.29, 1.82) is 0 Å². The van der Waals surface area contributed by atoms with Crippen LogP contribution in [0.5, 0.6) is 0 Å². The second-order valence-corrected chi connectivity index (χ2v) is 8.46. The van der Waals surface area contributed by atoms with Gasteiger partial charge in [0.05, 0.1) is 23.4 Å². The van der Waals surface area contributed by atoms with Crippen LogP contribution in [-0.2, 0) is 19.4 Å². The van der Waals surface area contributed by atoms with Crippen LogP contribution >= 0.6 is 11.3 Å². The van der Waals surface area contributed by atoms with Gasteiger partial charge in [0, 0.05) is 13.0 Å². The number of fused-ring (bicyclic) bond motifs is 5. The number of benzene rings is 1. The minimum atomic E-state index is 0.561. The van der Waals surface area contributed by atoms with Crippen LogP contribution in [0.1, 0.15) is 29.3 Å². The second kappa shape index (κ2) is 7.44. The number of aromatic nitrogens is 5. The van der Waals surface area contributed by atoms with Crippen molar-refractivity contribution in [2.24, 2.45) is 0 Å². The van der Waals surface area contributed by atoms with Gasteiger partial charge in [-0.25, -0.2) is 0 Å². The fraction of sp³-hybridized carbons (Fsp3) is 0.400. The number of quaternary nitrogens is 1. The molecule has 0 amide bonds. The Kier molecular flexibility index (Phi) is 4.66. The average molecular weight is 395 g/mol. The Bertz CT molecular complexity index is 1100. The molecule has 1 aliphatic rings. The first-order valence-corrected chi connectivity index (χ1v) is 10.8. The van der Waals surface area contributed by atoms with Crippen molar-refractivity contribution in [2.45, 2.75) is 32.7 Å². The first kappa shape index (κ1) is 17.5. The van der Waals surface area contributed by atoms with Crippen LogP contribution < -0.4 is 10.2 Å². The normalized spacial score (nSPS) is 16.5. The van der Waals surface area contributed by atoms with Crippen molar-refractivity contribution in [1.82, 2.24) is 25.0 Å². The Labute approximate surface area is 167 Å². The summed E-state index contributed by atoms with van der Waals surface area (Å²) in [6, 6.07) is 10.5. The van der Waals surface area contributed by atoms with Crippen molar-refractivity contribution >= 4 is 33.1 Å². The van der Waals surface area contributed by atoms with Crippen LogP contribution in [0.15, 0.2) is 30.3 Å². The molecule has 0 bridgehead atoms. The van der Waals surface area contributed by atoms with E-state index in [4.69, 9.17) is 4.98 Å². The minimum absolute atomic E-state index is 0.561. The molecular formula is C20H24N7S+. The number of hydrogen-bond donors (Lipinski definition) is 2. The topological polar surface area (TPSA) is 72.4 Å². The molecule has 8 heteroatoms. The van der Waals surface area contributed by atoms with Gasteiger partial charge in [0.1, 0.15) is 17.2 Å². The van der Waals surface area contributed by atoms with Crippen molar-refractivity contribution in [2.75, 3.05) is 25.0 Å². The van der Waals surface area contributed by atoms with Gasteiger partial charge in [-0.1, -0.05) is 42.4 Å². The Hall–Kier alpha value is -2.58. The van der Waals surface area contributed by atoms with Crippen LogP contribution in [0, 0.1) is 0 Å². The standard InChI is InChI=1S/C20H23N7S/c1-2-11-26-12-9-15-16(13-26)28-19-17(15)18(22-20-23-24-25-27(19)20)21-10-8-14-6-4-3-5-7-14/h3-7H,2,8-13H2,1H3,(H,21,22,23,25)/p+1. The molecule has 7 nitrogen and oxygen atoms in total. The number of hydrogen-bond acceptors (Lipinski definition) is 6. The maximum Gasteiger partial charge on any atom is 0.276 e. The van der Waals surface area contributed by atoms with Gasteiger partial charge in [0.25, 0.3) is 5.78 Å². The third-order valence-corrected chi connectivity index (χ3v) is 6.67. The molecule has 1 unspecified atom stereocenters. The SMILES string of the molecule is CCC[NH+]1CCc2c(sc3c2c(NCCc2ccccc2)nc2nnnn23)C1. The summed E-state index contributed by atoms with van der Waals surface area (Å²) in [7, 11) is 0. The molecule has 5 rings (SSSR count). The lowest BCUT2D eigenvalue weighted by Gasteiger charge is -2.23. The molecule has 28 heavy (non-hydrogen) atoms. The molecule has 2 N–H and O–H groups in total. The molecule has 0 aliphatic carbocycles. The largest absolute Gasteiger partial charge is 0.369 e. The minimum Gasteiger partial charge on any atom is -0.369 e. The quantitative estimate of drug-likeness (QED) is 0.521. The van der Waals surface area contributed by atoms with Gasteiger partial charge in [-0.15, -0.1) is 11.3 Å². The van der Waals surface area contributed by atoms with Gasteiger partial charge < -0.3 is 10.2 Å². The predicted molar refractivity (Wildman–Crippen MR) is 111 cm³/mol. The zero-order valence-corrected chi connectivity index (χ0v) is 16.8. The van der Waals surface area contributed by atoms with Gasteiger partial charge >= 0.3 is 0 Å². The van der Waals surface area contributed by atoms with E-state index in [0.29, 0.717) is 5.78 Å². The summed E-state index contributed by atoms with van der Waals surface area (Å²) in [5.41, 5.74) is 2.76. The summed E-state index contributed by atoms with van der Waals surface area (Å²) >= 11 is 1.83. The fourth-order valence-corrected chi connectivity index (χ4v) is 5.48. The predicted octanol–water partition coefficient (Wildman–Crippen LogP) is 1.74. The van der Waals surface area contributed by atoms with E-state index >= 15 is 0 Å². The highest BCUT2D eigenvalue weighted by molar-refractivity contribution is 7.19. The molecule has 4 aromatic rings. The third kappa shape index (κ3) is 3.12. The number of nitrogens with one attached hydrogen (secondary N) is 2. The highest BCUT2D eigenvalue weighted by Crippen LogP contribution is 2.36. The summed E-state index contributed by atoms with van der Waals surface area (Å²) in [6.45, 7) is 6.60. The lowest BCUT2D eigenvalue weighted by atomic mass is 10.0. The number of thiophene rings is 1. The molecule has 1 atom stereocenters. The van der Waals surface area contributed by atoms with Crippen LogP contribution in [0.25, 0.3) is 16.0 Å². The second-order valence-electron chi connectivity index (χ2n) is 7.37. The monoisotopic (exact) mass is 394 g/mol. The van der Waals surface area contributed by atoms with Crippen LogP contribution in [0.2, 0.25) is 0 Å². The van der Waals surface area contributed by atoms with E-state index in [1.807, 2.05) is 11.3 Å². The Morgan fingerprint density at radius 2 is 2.14 bits per heavy atom. The summed E-state index contributed by atoms with van der Waals surface area (Å²) in [4.78, 5) is 8.98. The number of nitrogens with zero attached hydrogens (tertiary/aromatic N) is 5. The van der Waals surface area contributed by atoms with Crippen LogP contribution in [0.3, 0.4) is 0 Å². The maximum atomic E-state index is 4.75. The fourth-order valence-electron chi connectivity index (χ4n) is 4.12. The molecule has 0 fully saturated rings. The third-order valence-electron chi connectivity index (χ3n) is 5.46. The van der Waals surface area contributed by atoms with E-state index in [0.717, 1.165) is 36.6 Å². The molecule has 0 spiro atoms. The van der Waals surface area contributed by atoms with Gasteiger partial charge in [-0.3, -0.25) is 0 Å². The summed E-state index contributed by atoms with van der Waals surface area (Å²) in [5, 5.41) is 16.9. The van der Waals surface area contributed by atoms with E-state index in [9.17, 15) is 0 Å². The maximum absolute atomic E-state index is 4.75. The lowest BCUT2D eigenvalue weighted by molar-refractivity contribution is -0.915. The molecule has 0 radical (unpaired) electrons. The number of tetrazole rings is 1. The molecule has 3 aromatic heterocycles. The number of anilines is 1. The molecule has 0 saturated heterocycles. The van der Waals surface area contributed by atoms with Crippen molar-refractivity contribution < 1.29 is 4.90 Å². The van der Waals surface area contributed by atoms with Crippen molar-refractivity contribution in [3.8, 4) is 0 Å². The molecule has 144 valence electrons. The van der Waals surface area contributed by atoms with Crippen LogP contribution in [-0.4, -0.2) is 44.7 Å². The summed E-state index contributed by atoms with van der Waals surface area (Å²) < 4.78 is 1.79. The molecule has 0 saturated carbocycles. The van der Waals surface area contributed by atoms with E-state index in [1.165, 1.54) is 40.9 Å². The first-order chi connectivity index (χ1) is 13.8. The Morgan fingerprint density at radius 3 is 3.00 bits per heavy atom. The Balaban J connectivity index is 1.50. The van der Waals surface area contributed by atoms with Gasteiger partial charge in [0.15, 0.2) is 0 Å². The smallest absolute Gasteiger partial charge is 0.276 e. The van der Waals surface area contributed by atoms with E-state index in [1.54, 1.807) is 9.42 Å². The van der Waals surface area contributed by atoms with Gasteiger partial charge in [-0.05, 0) is 34.4 Å².